The molecule has 2 heterocycles. The van der Waals surface area contributed by atoms with Crippen molar-refractivity contribution in [3.05, 3.63) is 62.9 Å². The topological polar surface area (TPSA) is 147 Å². The number of aryl methyl sites for hydroxylation is 1. The van der Waals surface area contributed by atoms with E-state index < -0.39 is 43.5 Å². The molecule has 0 radical (unpaired) electrons. The number of esters is 1. The summed E-state index contributed by atoms with van der Waals surface area (Å²) in [5.41, 5.74) is -0.810. The van der Waals surface area contributed by atoms with Gasteiger partial charge in [-0.2, -0.15) is 5.09 Å². The first-order valence-corrected chi connectivity index (χ1v) is 11.8. The summed E-state index contributed by atoms with van der Waals surface area (Å²) in [6, 6.07) is 7.30. The summed E-state index contributed by atoms with van der Waals surface area (Å²) in [4.78, 5) is 37.8. The van der Waals surface area contributed by atoms with E-state index in [1.165, 1.54) is 17.7 Å². The standard InChI is InChI=1S/C20H26N3O9P/c1-4-28-19(25)14(3)22-33(27,32-15-8-6-5-7-9-15)30-12-17-29-11-16(31-17)23-10-13(2)18(24)21-20(23)26/h5-10,14,16-17H,4,11-12H2,1-3H3,(H,22,27)(H,21,24,26)/t14?,16-,17-,33?/m1/s1. The molecule has 0 saturated carbocycles. The average molecular weight is 483 g/mol. The molecule has 180 valence electrons. The van der Waals surface area contributed by atoms with Gasteiger partial charge in [-0.05, 0) is 32.9 Å². The van der Waals surface area contributed by atoms with E-state index >= 15 is 0 Å². The predicted octanol–water partition coefficient (Wildman–Crippen LogP) is 1.46. The zero-order valence-corrected chi connectivity index (χ0v) is 19.3. The maximum atomic E-state index is 13.4. The molecule has 0 amide bonds. The Labute approximate surface area is 189 Å². The van der Waals surface area contributed by atoms with Crippen LogP contribution in [0.2, 0.25) is 0 Å². The number of nitrogens with zero attached hydrogens (tertiary/aromatic N) is 1. The molecule has 2 N–H and O–H groups in total. The largest absolute Gasteiger partial charge is 0.465 e. The van der Waals surface area contributed by atoms with Crippen molar-refractivity contribution in [3.8, 4) is 5.75 Å². The number of nitrogens with one attached hydrogen (secondary N) is 2. The second-order valence-electron chi connectivity index (χ2n) is 7.13. The third-order valence-electron chi connectivity index (χ3n) is 4.53. The monoisotopic (exact) mass is 483 g/mol. The Morgan fingerprint density at radius 2 is 2.06 bits per heavy atom. The van der Waals surface area contributed by atoms with Gasteiger partial charge in [0.2, 0.25) is 0 Å². The number of carbonyl (C=O) groups excluding carboxylic acids is 1. The molecule has 1 aliphatic heterocycles. The van der Waals surface area contributed by atoms with Crippen molar-refractivity contribution in [2.75, 3.05) is 19.8 Å². The normalized spacial score (nSPS) is 20.7. The molecule has 12 nitrogen and oxygen atoms in total. The van der Waals surface area contributed by atoms with Gasteiger partial charge in [0.1, 0.15) is 18.4 Å². The smallest absolute Gasteiger partial charge is 0.459 e. The van der Waals surface area contributed by atoms with E-state index in [0.717, 1.165) is 0 Å². The quantitative estimate of drug-likeness (QED) is 0.376. The van der Waals surface area contributed by atoms with Crippen molar-refractivity contribution in [2.24, 2.45) is 0 Å². The summed E-state index contributed by atoms with van der Waals surface area (Å²) < 4.78 is 41.7. The molecule has 4 atom stereocenters. The van der Waals surface area contributed by atoms with Crippen molar-refractivity contribution in [1.82, 2.24) is 14.6 Å². The number of aromatic nitrogens is 2. The molecule has 1 aliphatic rings. The molecule has 33 heavy (non-hydrogen) atoms. The summed E-state index contributed by atoms with van der Waals surface area (Å²) in [5, 5.41) is 2.55. The van der Waals surface area contributed by atoms with Gasteiger partial charge in [0.05, 0.1) is 13.2 Å². The molecular weight excluding hydrogens is 457 g/mol. The summed E-state index contributed by atoms with van der Waals surface area (Å²) in [5.74, 6) is -0.370. The molecule has 1 aromatic carbocycles. The molecule has 0 spiro atoms. The maximum absolute atomic E-state index is 13.4. The van der Waals surface area contributed by atoms with Crippen LogP contribution in [0.25, 0.3) is 0 Å². The fourth-order valence-corrected chi connectivity index (χ4v) is 4.38. The highest BCUT2D eigenvalue weighted by Crippen LogP contribution is 2.45. The van der Waals surface area contributed by atoms with Gasteiger partial charge in [-0.3, -0.25) is 23.7 Å². The number of rotatable bonds is 10. The van der Waals surface area contributed by atoms with Crippen molar-refractivity contribution >= 4 is 13.7 Å². The predicted molar refractivity (Wildman–Crippen MR) is 116 cm³/mol. The van der Waals surface area contributed by atoms with Gasteiger partial charge in [0.15, 0.2) is 12.5 Å². The lowest BCUT2D eigenvalue weighted by Gasteiger charge is -2.23. The first-order chi connectivity index (χ1) is 15.7. The van der Waals surface area contributed by atoms with Crippen LogP contribution >= 0.6 is 7.75 Å². The van der Waals surface area contributed by atoms with E-state index in [9.17, 15) is 18.9 Å². The highest BCUT2D eigenvalue weighted by Gasteiger charge is 2.36. The van der Waals surface area contributed by atoms with Crippen LogP contribution in [0.3, 0.4) is 0 Å². The van der Waals surface area contributed by atoms with Crippen molar-refractivity contribution < 1.29 is 32.6 Å². The highest BCUT2D eigenvalue weighted by molar-refractivity contribution is 7.52. The molecule has 2 unspecified atom stereocenters. The third kappa shape index (κ3) is 6.62. The SMILES string of the molecule is CCOC(=O)C(C)NP(=O)(OC[C@@H]1OC[C@H](n2cc(C)c(=O)[nH]c2=O)O1)Oc1ccccc1. The average Bonchev–Trinajstić information content (AvgIpc) is 3.24. The number of carbonyl (C=O) groups is 1. The number of hydrogen-bond donors (Lipinski definition) is 2. The number of benzene rings is 1. The van der Waals surface area contributed by atoms with Crippen LogP contribution in [0, 0.1) is 6.92 Å². The van der Waals surface area contributed by atoms with Gasteiger partial charge >= 0.3 is 19.4 Å². The zero-order valence-electron chi connectivity index (χ0n) is 18.4. The lowest BCUT2D eigenvalue weighted by molar-refractivity contribution is -0.144. The molecule has 2 aromatic rings. The van der Waals surface area contributed by atoms with E-state index in [4.69, 9.17) is 23.3 Å². The minimum Gasteiger partial charge on any atom is -0.465 e. The number of ether oxygens (including phenoxy) is 3. The van der Waals surface area contributed by atoms with Gasteiger partial charge < -0.3 is 18.7 Å². The van der Waals surface area contributed by atoms with Gasteiger partial charge in [-0.25, -0.2) is 9.36 Å². The Balaban J connectivity index is 1.68. The number of aromatic amines is 1. The van der Waals surface area contributed by atoms with Crippen LogP contribution in [0.1, 0.15) is 25.6 Å². The van der Waals surface area contributed by atoms with E-state index in [2.05, 4.69) is 10.1 Å². The second kappa shape index (κ2) is 10.9. The molecule has 1 fully saturated rings. The van der Waals surface area contributed by atoms with Crippen LogP contribution in [0.15, 0.2) is 46.1 Å². The number of H-pyrrole nitrogens is 1. The van der Waals surface area contributed by atoms with Crippen LogP contribution < -0.4 is 20.9 Å². The summed E-state index contributed by atoms with van der Waals surface area (Å²) in [6.45, 7) is 4.49. The van der Waals surface area contributed by atoms with E-state index in [-0.39, 0.29) is 25.6 Å². The Kier molecular flexibility index (Phi) is 8.22. The minimum absolute atomic E-state index is 0.00405. The molecular formula is C20H26N3O9P. The lowest BCUT2D eigenvalue weighted by Crippen LogP contribution is -2.36. The van der Waals surface area contributed by atoms with Crippen LogP contribution in [0.5, 0.6) is 5.75 Å². The minimum atomic E-state index is -4.07. The van der Waals surface area contributed by atoms with E-state index in [1.54, 1.807) is 44.2 Å². The van der Waals surface area contributed by atoms with Crippen LogP contribution in [-0.2, 0) is 28.1 Å². The van der Waals surface area contributed by atoms with Crippen molar-refractivity contribution in [1.29, 1.82) is 0 Å². The molecule has 3 rings (SSSR count). The Bertz CT molecular complexity index is 1120. The van der Waals surface area contributed by atoms with E-state index in [0.29, 0.717) is 5.56 Å². The molecule has 13 heteroatoms. The number of hydrogen-bond acceptors (Lipinski definition) is 9. The fourth-order valence-electron chi connectivity index (χ4n) is 2.90. The second-order valence-corrected chi connectivity index (χ2v) is 8.83. The van der Waals surface area contributed by atoms with Gasteiger partial charge in [0, 0.05) is 11.8 Å². The van der Waals surface area contributed by atoms with Crippen LogP contribution in [-0.4, -0.2) is 47.7 Å². The first-order valence-electron chi connectivity index (χ1n) is 10.2. The molecule has 1 aromatic heterocycles. The molecule has 1 saturated heterocycles. The fraction of sp³-hybridized carbons (Fsp3) is 0.450. The maximum Gasteiger partial charge on any atom is 0.459 e. The Morgan fingerprint density at radius 3 is 2.76 bits per heavy atom. The van der Waals surface area contributed by atoms with Crippen molar-refractivity contribution in [2.45, 2.75) is 39.3 Å². The Morgan fingerprint density at radius 1 is 1.33 bits per heavy atom. The highest BCUT2D eigenvalue weighted by atomic mass is 31.2. The van der Waals surface area contributed by atoms with E-state index in [1.807, 2.05) is 0 Å². The van der Waals surface area contributed by atoms with Gasteiger partial charge in [-0.1, -0.05) is 18.2 Å². The third-order valence-corrected chi connectivity index (χ3v) is 6.17. The first kappa shape index (κ1) is 24.9. The van der Waals surface area contributed by atoms with Gasteiger partial charge in [-0.15, -0.1) is 0 Å². The van der Waals surface area contributed by atoms with Crippen LogP contribution in [0.4, 0.5) is 0 Å². The van der Waals surface area contributed by atoms with Crippen molar-refractivity contribution in [3.63, 3.8) is 0 Å². The molecule has 0 aliphatic carbocycles. The molecule has 0 bridgehead atoms. The lowest BCUT2D eigenvalue weighted by atomic mass is 10.3. The number of para-hydroxylation sites is 1. The zero-order chi connectivity index (χ0) is 24.0. The summed E-state index contributed by atoms with van der Waals surface area (Å²) >= 11 is 0. The summed E-state index contributed by atoms with van der Waals surface area (Å²) in [7, 11) is -4.07. The Hall–Kier alpha value is -2.76. The van der Waals surface area contributed by atoms with Gasteiger partial charge in [0.25, 0.3) is 5.56 Å². The summed E-state index contributed by atoms with van der Waals surface area (Å²) in [6.07, 6.45) is -0.436.